The Kier molecular flexibility index (Phi) is 4.67. The number of methoxy groups -OCH3 is 1. The molecule has 0 bridgehead atoms. The quantitative estimate of drug-likeness (QED) is 0.722. The lowest BCUT2D eigenvalue weighted by Crippen LogP contribution is -2.29. The molecule has 92 valence electrons. The minimum absolute atomic E-state index is 0.608. The first kappa shape index (κ1) is 13.2. The predicted octanol–water partition coefficient (Wildman–Crippen LogP) is 1.25. The number of nitriles is 1. The maximum atomic E-state index is 8.91. The maximum Gasteiger partial charge on any atom is 0.132 e. The second-order valence-corrected chi connectivity index (χ2v) is 4.07. The molecule has 17 heavy (non-hydrogen) atoms. The SMILES string of the molecule is COCCNc1cc(NC(C)(C)C#N)ncn1. The lowest BCUT2D eigenvalue weighted by Gasteiger charge is -2.18. The van der Waals surface area contributed by atoms with Crippen LogP contribution < -0.4 is 10.6 Å². The number of ether oxygens (including phenoxy) is 1. The minimum Gasteiger partial charge on any atom is -0.383 e. The number of hydrogen-bond donors (Lipinski definition) is 2. The van der Waals surface area contributed by atoms with Crippen molar-refractivity contribution in [2.75, 3.05) is 30.9 Å². The van der Waals surface area contributed by atoms with Crippen LogP contribution in [0.25, 0.3) is 0 Å². The van der Waals surface area contributed by atoms with Crippen LogP contribution in [0.4, 0.5) is 11.6 Å². The lowest BCUT2D eigenvalue weighted by molar-refractivity contribution is 0.210. The van der Waals surface area contributed by atoms with E-state index in [9.17, 15) is 0 Å². The summed E-state index contributed by atoms with van der Waals surface area (Å²) in [5.41, 5.74) is -0.655. The van der Waals surface area contributed by atoms with Gasteiger partial charge in [-0.1, -0.05) is 0 Å². The molecule has 2 N–H and O–H groups in total. The van der Waals surface area contributed by atoms with Crippen LogP contribution in [0.1, 0.15) is 13.8 Å². The Bertz CT molecular complexity index is 399. The fraction of sp³-hybridized carbons (Fsp3) is 0.545. The molecule has 6 nitrogen and oxygen atoms in total. The molecule has 0 atom stereocenters. The van der Waals surface area contributed by atoms with E-state index in [1.807, 2.05) is 0 Å². The van der Waals surface area contributed by atoms with E-state index in [1.54, 1.807) is 27.0 Å². The standard InChI is InChI=1S/C11H17N5O/c1-11(2,7-12)16-10-6-9(14-8-15-10)13-4-5-17-3/h6,8H,4-5H2,1-3H3,(H2,13,14,15,16). The molecule has 0 saturated heterocycles. The zero-order chi connectivity index (χ0) is 12.7. The lowest BCUT2D eigenvalue weighted by atomic mass is 10.1. The third-order valence-electron chi connectivity index (χ3n) is 2.00. The van der Waals surface area contributed by atoms with Crippen molar-refractivity contribution in [1.82, 2.24) is 9.97 Å². The molecule has 0 aliphatic carbocycles. The number of nitrogens with one attached hydrogen (secondary N) is 2. The predicted molar refractivity (Wildman–Crippen MR) is 65.7 cm³/mol. The summed E-state index contributed by atoms with van der Waals surface area (Å²) in [4.78, 5) is 8.12. The van der Waals surface area contributed by atoms with Gasteiger partial charge >= 0.3 is 0 Å². The molecule has 0 spiro atoms. The Balaban J connectivity index is 2.63. The van der Waals surface area contributed by atoms with Gasteiger partial charge in [-0.25, -0.2) is 9.97 Å². The zero-order valence-electron chi connectivity index (χ0n) is 10.3. The van der Waals surface area contributed by atoms with Gasteiger partial charge in [0, 0.05) is 19.7 Å². The summed E-state index contributed by atoms with van der Waals surface area (Å²) in [7, 11) is 1.64. The summed E-state index contributed by atoms with van der Waals surface area (Å²) >= 11 is 0. The van der Waals surface area contributed by atoms with Crippen LogP contribution >= 0.6 is 0 Å². The molecule has 0 unspecified atom stereocenters. The first-order valence-corrected chi connectivity index (χ1v) is 5.32. The Morgan fingerprint density at radius 3 is 2.76 bits per heavy atom. The van der Waals surface area contributed by atoms with E-state index >= 15 is 0 Å². The molecule has 0 radical (unpaired) electrons. The average molecular weight is 235 g/mol. The Morgan fingerprint density at radius 2 is 2.12 bits per heavy atom. The first-order valence-electron chi connectivity index (χ1n) is 5.32. The van der Waals surface area contributed by atoms with Gasteiger partial charge in [-0.2, -0.15) is 5.26 Å². The van der Waals surface area contributed by atoms with E-state index in [0.717, 1.165) is 0 Å². The van der Waals surface area contributed by atoms with Crippen LogP contribution in [-0.2, 0) is 4.74 Å². The molecule has 0 saturated carbocycles. The molecule has 0 aromatic carbocycles. The normalized spacial score (nSPS) is 10.7. The van der Waals surface area contributed by atoms with Crippen LogP contribution in [0.5, 0.6) is 0 Å². The van der Waals surface area contributed by atoms with Crippen molar-refractivity contribution in [2.24, 2.45) is 0 Å². The monoisotopic (exact) mass is 235 g/mol. The Morgan fingerprint density at radius 1 is 1.41 bits per heavy atom. The molecule has 0 aliphatic heterocycles. The highest BCUT2D eigenvalue weighted by atomic mass is 16.5. The van der Waals surface area contributed by atoms with Crippen LogP contribution in [0.15, 0.2) is 12.4 Å². The van der Waals surface area contributed by atoms with Gasteiger partial charge in [0.15, 0.2) is 0 Å². The van der Waals surface area contributed by atoms with Gasteiger partial charge in [0.05, 0.1) is 12.7 Å². The molecule has 0 fully saturated rings. The van der Waals surface area contributed by atoms with Crippen molar-refractivity contribution in [1.29, 1.82) is 5.26 Å². The Labute approximate surface area is 101 Å². The zero-order valence-corrected chi connectivity index (χ0v) is 10.3. The van der Waals surface area contributed by atoms with Crippen molar-refractivity contribution in [3.63, 3.8) is 0 Å². The molecule has 1 heterocycles. The van der Waals surface area contributed by atoms with Crippen molar-refractivity contribution in [2.45, 2.75) is 19.4 Å². The highest BCUT2D eigenvalue weighted by Gasteiger charge is 2.16. The molecular weight excluding hydrogens is 218 g/mol. The van der Waals surface area contributed by atoms with Gasteiger partial charge in [0.25, 0.3) is 0 Å². The molecule has 0 aliphatic rings. The molecule has 1 rings (SSSR count). The fourth-order valence-corrected chi connectivity index (χ4v) is 1.15. The molecular formula is C11H17N5O. The average Bonchev–Trinajstić information content (AvgIpc) is 2.29. The highest BCUT2D eigenvalue weighted by Crippen LogP contribution is 2.13. The summed E-state index contributed by atoms with van der Waals surface area (Å²) in [6, 6.07) is 3.91. The maximum absolute atomic E-state index is 8.91. The minimum atomic E-state index is -0.655. The smallest absolute Gasteiger partial charge is 0.132 e. The largest absolute Gasteiger partial charge is 0.383 e. The van der Waals surface area contributed by atoms with E-state index in [-0.39, 0.29) is 0 Å². The molecule has 0 amide bonds. The fourth-order valence-electron chi connectivity index (χ4n) is 1.15. The summed E-state index contributed by atoms with van der Waals surface area (Å²) in [6.07, 6.45) is 1.45. The van der Waals surface area contributed by atoms with Gasteiger partial charge in [0.1, 0.15) is 23.5 Å². The molecule has 1 aromatic rings. The van der Waals surface area contributed by atoms with Crippen molar-refractivity contribution >= 4 is 11.6 Å². The van der Waals surface area contributed by atoms with E-state index < -0.39 is 5.54 Å². The van der Waals surface area contributed by atoms with Crippen molar-refractivity contribution in [3.8, 4) is 6.07 Å². The summed E-state index contributed by atoms with van der Waals surface area (Å²) in [5, 5.41) is 15.0. The van der Waals surface area contributed by atoms with Gasteiger partial charge < -0.3 is 15.4 Å². The molecule has 6 heteroatoms. The van der Waals surface area contributed by atoms with E-state index in [4.69, 9.17) is 10.00 Å². The summed E-state index contributed by atoms with van der Waals surface area (Å²) < 4.78 is 4.93. The first-order chi connectivity index (χ1) is 8.07. The van der Waals surface area contributed by atoms with E-state index in [0.29, 0.717) is 24.8 Å². The Hall–Kier alpha value is -1.87. The number of aromatic nitrogens is 2. The summed E-state index contributed by atoms with van der Waals surface area (Å²) in [5.74, 6) is 1.32. The number of rotatable bonds is 6. The van der Waals surface area contributed by atoms with Gasteiger partial charge in [-0.3, -0.25) is 0 Å². The van der Waals surface area contributed by atoms with Crippen LogP contribution in [-0.4, -0.2) is 35.8 Å². The summed E-state index contributed by atoms with van der Waals surface area (Å²) in [6.45, 7) is 4.85. The highest BCUT2D eigenvalue weighted by molar-refractivity contribution is 5.48. The van der Waals surface area contributed by atoms with Crippen LogP contribution in [0, 0.1) is 11.3 Å². The van der Waals surface area contributed by atoms with Crippen LogP contribution in [0.2, 0.25) is 0 Å². The molecule has 1 aromatic heterocycles. The second kappa shape index (κ2) is 6.01. The van der Waals surface area contributed by atoms with E-state index in [1.165, 1.54) is 6.33 Å². The number of anilines is 2. The van der Waals surface area contributed by atoms with Gasteiger partial charge in [-0.15, -0.1) is 0 Å². The second-order valence-electron chi connectivity index (χ2n) is 4.07. The third kappa shape index (κ3) is 4.66. The number of nitrogens with zero attached hydrogens (tertiary/aromatic N) is 3. The van der Waals surface area contributed by atoms with E-state index in [2.05, 4.69) is 26.7 Å². The van der Waals surface area contributed by atoms with Gasteiger partial charge in [-0.05, 0) is 13.8 Å². The number of hydrogen-bond acceptors (Lipinski definition) is 6. The van der Waals surface area contributed by atoms with Gasteiger partial charge in [0.2, 0.25) is 0 Å². The topological polar surface area (TPSA) is 82.9 Å². The van der Waals surface area contributed by atoms with Crippen molar-refractivity contribution in [3.05, 3.63) is 12.4 Å². The third-order valence-corrected chi connectivity index (χ3v) is 2.00. The van der Waals surface area contributed by atoms with Crippen LogP contribution in [0.3, 0.4) is 0 Å². The van der Waals surface area contributed by atoms with Crippen molar-refractivity contribution < 1.29 is 4.74 Å².